The Bertz CT molecular complexity index is 453. The maximum Gasteiger partial charge on any atom is -0.0414 e. The molecule has 0 aliphatic rings. The lowest BCUT2D eigenvalue weighted by atomic mass is 9.89. The van der Waals surface area contributed by atoms with Crippen molar-refractivity contribution in [3.63, 3.8) is 0 Å². The van der Waals surface area contributed by atoms with E-state index in [1.165, 1.54) is 250 Å². The van der Waals surface area contributed by atoms with Gasteiger partial charge in [0.1, 0.15) is 0 Å². The summed E-state index contributed by atoms with van der Waals surface area (Å²) < 4.78 is 0. The molecule has 43 heavy (non-hydrogen) atoms. The van der Waals surface area contributed by atoms with E-state index in [-0.39, 0.29) is 0 Å². The van der Waals surface area contributed by atoms with Gasteiger partial charge in [-0.15, -0.1) is 0 Å². The molecule has 0 radical (unpaired) electrons. The van der Waals surface area contributed by atoms with Crippen LogP contribution in [-0.4, -0.2) is 0 Å². The largest absolute Gasteiger partial charge is 0.0654 e. The van der Waals surface area contributed by atoms with Crippen molar-refractivity contribution in [2.24, 2.45) is 5.92 Å². The Balaban J connectivity index is 3.52. The van der Waals surface area contributed by atoms with E-state index in [1.54, 1.807) is 0 Å². The van der Waals surface area contributed by atoms with E-state index in [4.69, 9.17) is 0 Å². The molecule has 0 nitrogen and oxygen atoms in total. The number of hydrogen-bond acceptors (Lipinski definition) is 0. The zero-order valence-corrected chi connectivity index (χ0v) is 31.2. The van der Waals surface area contributed by atoms with Crippen molar-refractivity contribution < 1.29 is 0 Å². The predicted molar refractivity (Wildman–Crippen MR) is 201 cm³/mol. The standard InChI is InChI=1S/C43H88/c1-4-7-10-12-14-16-18-20-22-24-26-28-30-32-34-36-39-42-43(40-37-9-6-3)41-38-35-33-31-29-27-25-23-21-19-17-15-13-11-8-5-2/h43H,4-42H2,1-3H3. The minimum absolute atomic E-state index is 1.04. The van der Waals surface area contributed by atoms with E-state index in [0.29, 0.717) is 0 Å². The molecule has 0 fully saturated rings. The zero-order valence-electron chi connectivity index (χ0n) is 31.2. The molecule has 0 aliphatic carbocycles. The quantitative estimate of drug-likeness (QED) is 0.0612. The normalized spacial score (nSPS) is 12.3. The maximum atomic E-state index is 2.36. The minimum Gasteiger partial charge on any atom is -0.0654 e. The van der Waals surface area contributed by atoms with E-state index >= 15 is 0 Å². The van der Waals surface area contributed by atoms with Crippen LogP contribution in [0.2, 0.25) is 0 Å². The highest BCUT2D eigenvalue weighted by molar-refractivity contribution is 4.62. The molecule has 0 saturated carbocycles. The van der Waals surface area contributed by atoms with Crippen LogP contribution in [0.15, 0.2) is 0 Å². The minimum atomic E-state index is 1.04. The molecule has 0 aromatic rings. The highest BCUT2D eigenvalue weighted by Gasteiger charge is 2.08. The third-order valence-electron chi connectivity index (χ3n) is 10.4. The SMILES string of the molecule is CCCCCCCCCCCCCCCCCCCC(CCCCC)CCCCCCCCCCCCCCCCCC. The number of rotatable bonds is 39. The maximum absolute atomic E-state index is 2.36. The van der Waals surface area contributed by atoms with Crippen LogP contribution in [0, 0.1) is 5.92 Å². The van der Waals surface area contributed by atoms with Gasteiger partial charge in [-0.1, -0.05) is 271 Å². The summed E-state index contributed by atoms with van der Waals surface area (Å²) in [5, 5.41) is 0. The molecule has 0 bridgehead atoms. The lowest BCUT2D eigenvalue weighted by molar-refractivity contribution is 0.367. The Morgan fingerprint density at radius 3 is 0.535 bits per heavy atom. The van der Waals surface area contributed by atoms with Gasteiger partial charge in [-0.2, -0.15) is 0 Å². The third-order valence-corrected chi connectivity index (χ3v) is 10.4. The average Bonchev–Trinajstić information content (AvgIpc) is 3.02. The third kappa shape index (κ3) is 38.1. The fourth-order valence-electron chi connectivity index (χ4n) is 7.26. The van der Waals surface area contributed by atoms with Gasteiger partial charge in [0.05, 0.1) is 0 Å². The molecular weight excluding hydrogens is 516 g/mol. The number of hydrogen-bond donors (Lipinski definition) is 0. The fourth-order valence-corrected chi connectivity index (χ4v) is 7.26. The molecular formula is C43H88. The van der Waals surface area contributed by atoms with Crippen molar-refractivity contribution in [3.8, 4) is 0 Å². The van der Waals surface area contributed by atoms with Crippen molar-refractivity contribution in [1.29, 1.82) is 0 Å². The summed E-state index contributed by atoms with van der Waals surface area (Å²) in [6, 6.07) is 0. The average molecular weight is 605 g/mol. The van der Waals surface area contributed by atoms with Crippen LogP contribution in [0.25, 0.3) is 0 Å². The molecule has 0 aliphatic heterocycles. The van der Waals surface area contributed by atoms with Gasteiger partial charge in [0.25, 0.3) is 0 Å². The van der Waals surface area contributed by atoms with Crippen molar-refractivity contribution in [2.45, 2.75) is 271 Å². The van der Waals surface area contributed by atoms with Crippen molar-refractivity contribution >= 4 is 0 Å². The molecule has 0 heteroatoms. The van der Waals surface area contributed by atoms with Gasteiger partial charge in [-0.05, 0) is 5.92 Å². The van der Waals surface area contributed by atoms with Gasteiger partial charge in [0.2, 0.25) is 0 Å². The fraction of sp³-hybridized carbons (Fsp3) is 1.00. The molecule has 0 aromatic carbocycles. The van der Waals surface area contributed by atoms with Crippen LogP contribution in [0.5, 0.6) is 0 Å². The summed E-state index contributed by atoms with van der Waals surface area (Å²) in [4.78, 5) is 0. The summed E-state index contributed by atoms with van der Waals surface area (Å²) in [5.74, 6) is 1.04. The second-order valence-electron chi connectivity index (χ2n) is 14.9. The zero-order chi connectivity index (χ0) is 31.2. The molecule has 0 spiro atoms. The second kappa shape index (κ2) is 40.0. The van der Waals surface area contributed by atoms with Gasteiger partial charge in [0, 0.05) is 0 Å². The summed E-state index contributed by atoms with van der Waals surface area (Å²) in [5.41, 5.74) is 0. The van der Waals surface area contributed by atoms with E-state index in [2.05, 4.69) is 20.8 Å². The van der Waals surface area contributed by atoms with E-state index in [0.717, 1.165) is 5.92 Å². The Morgan fingerprint density at radius 1 is 0.186 bits per heavy atom. The molecule has 0 rings (SSSR count). The number of unbranched alkanes of at least 4 members (excludes halogenated alkanes) is 33. The highest BCUT2D eigenvalue weighted by Crippen LogP contribution is 2.25. The Morgan fingerprint density at radius 2 is 0.326 bits per heavy atom. The Kier molecular flexibility index (Phi) is 40.0. The highest BCUT2D eigenvalue weighted by atomic mass is 14.1. The molecule has 1 unspecified atom stereocenters. The monoisotopic (exact) mass is 605 g/mol. The van der Waals surface area contributed by atoms with Gasteiger partial charge in [-0.25, -0.2) is 0 Å². The van der Waals surface area contributed by atoms with Gasteiger partial charge in [-0.3, -0.25) is 0 Å². The first-order chi connectivity index (χ1) is 21.3. The van der Waals surface area contributed by atoms with Gasteiger partial charge < -0.3 is 0 Å². The lowest BCUT2D eigenvalue weighted by Gasteiger charge is -2.17. The van der Waals surface area contributed by atoms with Crippen molar-refractivity contribution in [3.05, 3.63) is 0 Å². The second-order valence-corrected chi connectivity index (χ2v) is 14.9. The van der Waals surface area contributed by atoms with Crippen molar-refractivity contribution in [2.75, 3.05) is 0 Å². The molecule has 1 atom stereocenters. The smallest absolute Gasteiger partial charge is 0.0414 e. The van der Waals surface area contributed by atoms with Crippen LogP contribution in [0.1, 0.15) is 271 Å². The Labute approximate surface area is 276 Å². The first-order valence-electron chi connectivity index (χ1n) is 21.3. The summed E-state index contributed by atoms with van der Waals surface area (Å²) in [6.45, 7) is 6.99. The first-order valence-corrected chi connectivity index (χ1v) is 21.3. The lowest BCUT2D eigenvalue weighted by Crippen LogP contribution is -2.01. The summed E-state index contributed by atoms with van der Waals surface area (Å²) in [6.07, 6.45) is 57.8. The van der Waals surface area contributed by atoms with E-state index in [9.17, 15) is 0 Å². The van der Waals surface area contributed by atoms with Crippen LogP contribution in [0.3, 0.4) is 0 Å². The predicted octanol–water partition coefficient (Wildman–Crippen LogP) is 16.9. The van der Waals surface area contributed by atoms with Gasteiger partial charge in [0.15, 0.2) is 0 Å². The Hall–Kier alpha value is 0. The van der Waals surface area contributed by atoms with E-state index < -0.39 is 0 Å². The van der Waals surface area contributed by atoms with Crippen LogP contribution < -0.4 is 0 Å². The topological polar surface area (TPSA) is 0 Å². The van der Waals surface area contributed by atoms with Crippen LogP contribution >= 0.6 is 0 Å². The first kappa shape index (κ1) is 43.0. The molecule has 260 valence electrons. The molecule has 0 N–H and O–H groups in total. The summed E-state index contributed by atoms with van der Waals surface area (Å²) >= 11 is 0. The molecule has 0 amide bonds. The van der Waals surface area contributed by atoms with E-state index in [1.807, 2.05) is 0 Å². The molecule has 0 aromatic heterocycles. The van der Waals surface area contributed by atoms with Crippen LogP contribution in [-0.2, 0) is 0 Å². The van der Waals surface area contributed by atoms with Gasteiger partial charge >= 0.3 is 0 Å². The molecule has 0 heterocycles. The van der Waals surface area contributed by atoms with Crippen LogP contribution in [0.4, 0.5) is 0 Å². The molecule has 0 saturated heterocycles. The van der Waals surface area contributed by atoms with Crippen molar-refractivity contribution in [1.82, 2.24) is 0 Å². The summed E-state index contributed by atoms with van der Waals surface area (Å²) in [7, 11) is 0.